The second kappa shape index (κ2) is 8.25. The Morgan fingerprint density at radius 2 is 1.92 bits per heavy atom. The van der Waals surface area contributed by atoms with E-state index in [2.05, 4.69) is 4.99 Å². The van der Waals surface area contributed by atoms with Crippen molar-refractivity contribution in [2.45, 2.75) is 13.8 Å². The van der Waals surface area contributed by atoms with E-state index in [-0.39, 0.29) is 10.9 Å². The van der Waals surface area contributed by atoms with Gasteiger partial charge in [-0.05, 0) is 41.3 Å². The molecule has 0 fully saturated rings. The van der Waals surface area contributed by atoms with Gasteiger partial charge in [0.25, 0.3) is 0 Å². The normalized spacial score (nSPS) is 15.4. The highest BCUT2D eigenvalue weighted by atomic mass is 32.2. The lowest BCUT2D eigenvalue weighted by atomic mass is 10.1. The van der Waals surface area contributed by atoms with Crippen molar-refractivity contribution < 1.29 is 23.8 Å². The van der Waals surface area contributed by atoms with E-state index in [1.54, 1.807) is 18.2 Å². The monoisotopic (exact) mass is 367 g/mol. The second-order valence-electron chi connectivity index (χ2n) is 4.58. The molecule has 6 nitrogen and oxygen atoms in total. The third-order valence-electron chi connectivity index (χ3n) is 2.90. The quantitative estimate of drug-likeness (QED) is 0.449. The van der Waals surface area contributed by atoms with Crippen molar-refractivity contribution in [3.8, 4) is 17.2 Å². The Kier molecular flexibility index (Phi) is 6.33. The number of hydrogen-bond acceptors (Lipinski definition) is 8. The van der Waals surface area contributed by atoms with E-state index >= 15 is 0 Å². The van der Waals surface area contributed by atoms with Gasteiger partial charge in [-0.15, -0.1) is 0 Å². The van der Waals surface area contributed by atoms with Crippen molar-refractivity contribution in [3.63, 3.8) is 0 Å². The van der Waals surface area contributed by atoms with Crippen molar-refractivity contribution in [2.75, 3.05) is 20.0 Å². The van der Waals surface area contributed by atoms with Gasteiger partial charge in [0.1, 0.15) is 10.1 Å². The zero-order valence-corrected chi connectivity index (χ0v) is 15.4. The van der Waals surface area contributed by atoms with Crippen LogP contribution >= 0.6 is 23.5 Å². The molecule has 0 N–H and O–H groups in total. The average Bonchev–Trinajstić information content (AvgIpc) is 2.87. The summed E-state index contributed by atoms with van der Waals surface area (Å²) in [5.74, 6) is 1.24. The third kappa shape index (κ3) is 4.33. The summed E-state index contributed by atoms with van der Waals surface area (Å²) in [4.78, 5) is 27.6. The summed E-state index contributed by atoms with van der Waals surface area (Å²) in [5, 5.41) is -0.104. The van der Waals surface area contributed by atoms with Gasteiger partial charge >= 0.3 is 5.97 Å². The maximum atomic E-state index is 12.0. The van der Waals surface area contributed by atoms with E-state index < -0.39 is 5.97 Å². The molecule has 8 heteroatoms. The minimum atomic E-state index is -0.481. The molecule has 1 aromatic carbocycles. The molecule has 128 valence electrons. The van der Waals surface area contributed by atoms with Gasteiger partial charge in [-0.3, -0.25) is 9.59 Å². The minimum Gasteiger partial charge on any atom is -0.493 e. The van der Waals surface area contributed by atoms with Crippen LogP contribution in [0.1, 0.15) is 19.4 Å². The summed E-state index contributed by atoms with van der Waals surface area (Å²) in [6.45, 7) is 3.30. The molecule has 0 atom stereocenters. The SMILES string of the molecule is CCSC1=N/C(=C/c2cc(OC)c(OC(C)=O)c(OC)c2)C(=O)S1. The van der Waals surface area contributed by atoms with Crippen LogP contribution in [0.4, 0.5) is 0 Å². The molecule has 0 bridgehead atoms. The number of nitrogens with zero attached hydrogens (tertiary/aromatic N) is 1. The number of methoxy groups -OCH3 is 2. The van der Waals surface area contributed by atoms with Crippen molar-refractivity contribution in [1.82, 2.24) is 0 Å². The van der Waals surface area contributed by atoms with E-state index in [0.717, 1.165) is 21.9 Å². The lowest BCUT2D eigenvalue weighted by Gasteiger charge is -2.13. The first kappa shape index (κ1) is 18.4. The van der Waals surface area contributed by atoms with Crippen LogP contribution in [0.5, 0.6) is 17.2 Å². The summed E-state index contributed by atoms with van der Waals surface area (Å²) in [7, 11) is 2.92. The Hall–Kier alpha value is -1.93. The molecule has 0 amide bonds. The maximum Gasteiger partial charge on any atom is 0.308 e. The summed E-state index contributed by atoms with van der Waals surface area (Å²) < 4.78 is 16.4. The van der Waals surface area contributed by atoms with E-state index in [9.17, 15) is 9.59 Å². The Balaban J connectivity index is 2.43. The number of rotatable bonds is 5. The van der Waals surface area contributed by atoms with Gasteiger partial charge in [0.05, 0.1) is 14.2 Å². The van der Waals surface area contributed by atoms with Gasteiger partial charge in [0.2, 0.25) is 10.9 Å². The summed E-state index contributed by atoms with van der Waals surface area (Å²) >= 11 is 2.65. The zero-order valence-electron chi connectivity index (χ0n) is 13.7. The largest absolute Gasteiger partial charge is 0.493 e. The first-order valence-corrected chi connectivity index (χ1v) is 8.88. The fraction of sp³-hybridized carbons (Fsp3) is 0.312. The summed E-state index contributed by atoms with van der Waals surface area (Å²) in [6.07, 6.45) is 1.65. The van der Waals surface area contributed by atoms with Crippen LogP contribution in [-0.2, 0) is 9.59 Å². The Morgan fingerprint density at radius 1 is 1.29 bits per heavy atom. The topological polar surface area (TPSA) is 74.2 Å². The maximum absolute atomic E-state index is 12.0. The summed E-state index contributed by atoms with van der Waals surface area (Å²) in [5.41, 5.74) is 1.02. The van der Waals surface area contributed by atoms with Crippen LogP contribution in [-0.4, -0.2) is 35.4 Å². The van der Waals surface area contributed by atoms with Crippen molar-refractivity contribution >= 4 is 45.1 Å². The van der Waals surface area contributed by atoms with Gasteiger partial charge in [-0.2, -0.15) is 0 Å². The first-order chi connectivity index (χ1) is 11.5. The standard InChI is InChI=1S/C16H17NO5S2/c1-5-23-16-17-11(15(19)24-16)6-10-7-12(20-3)14(22-9(2)18)13(8-10)21-4/h6-8H,5H2,1-4H3/b11-6+. The zero-order chi connectivity index (χ0) is 17.7. The number of hydrogen-bond donors (Lipinski definition) is 0. The van der Waals surface area contributed by atoms with Crippen LogP contribution in [0.2, 0.25) is 0 Å². The van der Waals surface area contributed by atoms with Gasteiger partial charge < -0.3 is 14.2 Å². The highest BCUT2D eigenvalue weighted by molar-refractivity contribution is 8.45. The van der Waals surface area contributed by atoms with Gasteiger partial charge in [0, 0.05) is 6.92 Å². The van der Waals surface area contributed by atoms with Crippen LogP contribution in [0.3, 0.4) is 0 Å². The number of esters is 1. The highest BCUT2D eigenvalue weighted by Gasteiger charge is 2.23. The molecule has 0 saturated heterocycles. The average molecular weight is 367 g/mol. The lowest BCUT2D eigenvalue weighted by Crippen LogP contribution is -2.05. The number of benzene rings is 1. The molecule has 1 aliphatic heterocycles. The predicted octanol–water partition coefficient (Wildman–Crippen LogP) is 3.35. The molecule has 0 spiro atoms. The molecule has 0 aliphatic carbocycles. The van der Waals surface area contributed by atoms with Crippen LogP contribution in [0.15, 0.2) is 22.8 Å². The number of thioether (sulfide) groups is 2. The van der Waals surface area contributed by atoms with Crippen LogP contribution in [0.25, 0.3) is 6.08 Å². The van der Waals surface area contributed by atoms with E-state index in [0.29, 0.717) is 22.8 Å². The number of aliphatic imine (C=N–C) groups is 1. The smallest absolute Gasteiger partial charge is 0.308 e. The molecule has 0 saturated carbocycles. The lowest BCUT2D eigenvalue weighted by molar-refractivity contribution is -0.132. The van der Waals surface area contributed by atoms with Crippen LogP contribution in [0, 0.1) is 0 Å². The number of carbonyl (C=O) groups is 2. The first-order valence-electron chi connectivity index (χ1n) is 7.08. The molecular formula is C16H17NO5S2. The molecule has 0 unspecified atom stereocenters. The number of ether oxygens (including phenoxy) is 3. The minimum absolute atomic E-state index is 0.104. The van der Waals surface area contributed by atoms with E-state index in [4.69, 9.17) is 14.2 Å². The van der Waals surface area contributed by atoms with Gasteiger partial charge in [-0.25, -0.2) is 4.99 Å². The summed E-state index contributed by atoms with van der Waals surface area (Å²) in [6, 6.07) is 3.32. The van der Waals surface area contributed by atoms with Crippen LogP contribution < -0.4 is 14.2 Å². The van der Waals surface area contributed by atoms with Gasteiger partial charge in [0.15, 0.2) is 11.5 Å². The highest BCUT2D eigenvalue weighted by Crippen LogP contribution is 2.40. The fourth-order valence-electron chi connectivity index (χ4n) is 1.96. The predicted molar refractivity (Wildman–Crippen MR) is 97.0 cm³/mol. The Bertz CT molecular complexity index is 702. The van der Waals surface area contributed by atoms with E-state index in [1.165, 1.54) is 32.9 Å². The molecule has 1 aliphatic rings. The molecule has 24 heavy (non-hydrogen) atoms. The molecule has 1 aromatic rings. The Labute approximate surface area is 148 Å². The second-order valence-corrected chi connectivity index (χ2v) is 7.05. The molecule has 1 heterocycles. The Morgan fingerprint density at radius 3 is 2.42 bits per heavy atom. The number of carbonyl (C=O) groups excluding carboxylic acids is 2. The fourth-order valence-corrected chi connectivity index (χ4v) is 3.70. The molecule has 0 aromatic heterocycles. The van der Waals surface area contributed by atoms with Crippen molar-refractivity contribution in [2.24, 2.45) is 4.99 Å². The van der Waals surface area contributed by atoms with Crippen molar-refractivity contribution in [3.05, 3.63) is 23.4 Å². The third-order valence-corrected chi connectivity index (χ3v) is 4.79. The molecule has 2 rings (SSSR count). The van der Waals surface area contributed by atoms with E-state index in [1.807, 2.05) is 6.92 Å². The molecule has 0 radical (unpaired) electrons. The molecular weight excluding hydrogens is 350 g/mol. The van der Waals surface area contributed by atoms with Gasteiger partial charge in [-0.1, -0.05) is 18.7 Å². The van der Waals surface area contributed by atoms with Crippen molar-refractivity contribution in [1.29, 1.82) is 0 Å².